The van der Waals surface area contributed by atoms with Crippen LogP contribution in [0.3, 0.4) is 0 Å². The van der Waals surface area contributed by atoms with E-state index in [-0.39, 0.29) is 17.3 Å². The lowest BCUT2D eigenvalue weighted by molar-refractivity contribution is -0.115. The van der Waals surface area contributed by atoms with Gasteiger partial charge < -0.3 is 11.1 Å². The van der Waals surface area contributed by atoms with Crippen molar-refractivity contribution >= 4 is 40.1 Å². The Kier molecular flexibility index (Phi) is 4.24. The number of rotatable bonds is 4. The van der Waals surface area contributed by atoms with Gasteiger partial charge in [0.05, 0.1) is 12.1 Å². The number of thiophene rings is 1. The molecule has 2 aromatic rings. The van der Waals surface area contributed by atoms with E-state index in [1.54, 1.807) is 0 Å². The van der Waals surface area contributed by atoms with Gasteiger partial charge in [-0.05, 0) is 29.6 Å². The molecule has 0 fully saturated rings. The molecule has 1 aromatic carbocycles. The lowest BCUT2D eigenvalue weighted by Gasteiger charge is -2.09. The van der Waals surface area contributed by atoms with E-state index in [0.29, 0.717) is 11.3 Å². The Balaban J connectivity index is 2.14. The van der Waals surface area contributed by atoms with E-state index in [2.05, 4.69) is 5.32 Å². The molecule has 1 heterocycles. The zero-order valence-corrected chi connectivity index (χ0v) is 11.5. The lowest BCUT2D eigenvalue weighted by Crippen LogP contribution is -2.18. The quantitative estimate of drug-likeness (QED) is 0.853. The maximum absolute atomic E-state index is 13.1. The number of carbonyl (C=O) groups is 1. The first-order chi connectivity index (χ1) is 9.06. The highest BCUT2D eigenvalue weighted by molar-refractivity contribution is 7.80. The van der Waals surface area contributed by atoms with E-state index in [0.717, 1.165) is 4.88 Å². The molecule has 0 radical (unpaired) electrons. The molecule has 19 heavy (non-hydrogen) atoms. The van der Waals surface area contributed by atoms with Crippen LogP contribution in [-0.4, -0.2) is 10.9 Å². The number of benzene rings is 1. The molecule has 2 rings (SSSR count). The minimum Gasteiger partial charge on any atom is -0.389 e. The van der Waals surface area contributed by atoms with Crippen LogP contribution in [-0.2, 0) is 11.2 Å². The number of nitrogens with two attached hydrogens (primary N) is 1. The Hall–Kier alpha value is -1.79. The van der Waals surface area contributed by atoms with Gasteiger partial charge in [-0.25, -0.2) is 4.39 Å². The summed E-state index contributed by atoms with van der Waals surface area (Å²) in [5, 5.41) is 4.59. The topological polar surface area (TPSA) is 55.1 Å². The van der Waals surface area contributed by atoms with Crippen LogP contribution in [0, 0.1) is 5.82 Å². The fourth-order valence-corrected chi connectivity index (χ4v) is 2.47. The Morgan fingerprint density at radius 1 is 1.42 bits per heavy atom. The number of hydrogen-bond acceptors (Lipinski definition) is 3. The molecule has 0 aliphatic carbocycles. The number of nitrogens with one attached hydrogen (secondary N) is 1. The zero-order valence-electron chi connectivity index (χ0n) is 9.85. The monoisotopic (exact) mass is 294 g/mol. The van der Waals surface area contributed by atoms with Crippen LogP contribution in [0.15, 0.2) is 35.7 Å². The first kappa shape index (κ1) is 13.6. The summed E-state index contributed by atoms with van der Waals surface area (Å²) < 4.78 is 13.1. The van der Waals surface area contributed by atoms with Crippen LogP contribution in [0.1, 0.15) is 10.4 Å². The van der Waals surface area contributed by atoms with Crippen LogP contribution in [0.25, 0.3) is 0 Å². The van der Waals surface area contributed by atoms with Gasteiger partial charge >= 0.3 is 0 Å². The molecular weight excluding hydrogens is 283 g/mol. The van der Waals surface area contributed by atoms with Gasteiger partial charge in [0.15, 0.2) is 0 Å². The molecule has 0 spiro atoms. The minimum atomic E-state index is -0.445. The number of halogens is 1. The summed E-state index contributed by atoms with van der Waals surface area (Å²) in [6.07, 6.45) is 0.270. The normalized spacial score (nSPS) is 10.2. The summed E-state index contributed by atoms with van der Waals surface area (Å²) in [6, 6.07) is 7.68. The predicted octanol–water partition coefficient (Wildman–Crippen LogP) is 2.70. The first-order valence-corrected chi connectivity index (χ1v) is 6.76. The van der Waals surface area contributed by atoms with E-state index >= 15 is 0 Å². The summed E-state index contributed by atoms with van der Waals surface area (Å²) in [5.41, 5.74) is 6.27. The van der Waals surface area contributed by atoms with Crippen molar-refractivity contribution in [2.45, 2.75) is 6.42 Å². The molecule has 0 saturated heterocycles. The summed E-state index contributed by atoms with van der Waals surface area (Å²) in [5.74, 6) is -0.634. The van der Waals surface area contributed by atoms with Crippen molar-refractivity contribution in [2.24, 2.45) is 5.73 Å². The first-order valence-electron chi connectivity index (χ1n) is 5.48. The largest absolute Gasteiger partial charge is 0.389 e. The van der Waals surface area contributed by atoms with Gasteiger partial charge in [-0.3, -0.25) is 4.79 Å². The van der Waals surface area contributed by atoms with E-state index in [1.807, 2.05) is 17.5 Å². The van der Waals surface area contributed by atoms with Crippen LogP contribution in [0.2, 0.25) is 0 Å². The SMILES string of the molecule is NC(=S)c1cc(F)ccc1NC(=O)Cc1cccs1. The molecule has 3 nitrogen and oxygen atoms in total. The Labute approximate surface area is 119 Å². The van der Waals surface area contributed by atoms with E-state index in [1.165, 1.54) is 29.5 Å². The molecule has 0 bridgehead atoms. The predicted molar refractivity (Wildman–Crippen MR) is 78.9 cm³/mol. The number of anilines is 1. The van der Waals surface area contributed by atoms with Crippen molar-refractivity contribution in [1.82, 2.24) is 0 Å². The fraction of sp³-hybridized carbons (Fsp3) is 0.0769. The molecule has 3 N–H and O–H groups in total. The molecule has 1 amide bonds. The van der Waals surface area contributed by atoms with Crippen molar-refractivity contribution in [1.29, 1.82) is 0 Å². The van der Waals surface area contributed by atoms with Gasteiger partial charge in [0.25, 0.3) is 0 Å². The third-order valence-electron chi connectivity index (χ3n) is 2.44. The smallest absolute Gasteiger partial charge is 0.229 e. The average Bonchev–Trinajstić information content (AvgIpc) is 2.83. The number of amides is 1. The molecule has 0 aliphatic heterocycles. The van der Waals surface area contributed by atoms with Crippen molar-refractivity contribution in [2.75, 3.05) is 5.32 Å². The number of thiocarbonyl (C=S) groups is 1. The molecule has 0 unspecified atom stereocenters. The van der Waals surface area contributed by atoms with E-state index < -0.39 is 5.82 Å². The van der Waals surface area contributed by atoms with Crippen molar-refractivity contribution < 1.29 is 9.18 Å². The molecule has 98 valence electrons. The molecule has 1 aromatic heterocycles. The summed E-state index contributed by atoms with van der Waals surface area (Å²) in [6.45, 7) is 0. The Morgan fingerprint density at radius 3 is 2.84 bits per heavy atom. The van der Waals surface area contributed by atoms with Crippen molar-refractivity contribution in [3.63, 3.8) is 0 Å². The third kappa shape index (κ3) is 3.59. The second-order valence-corrected chi connectivity index (χ2v) is 5.33. The maximum Gasteiger partial charge on any atom is 0.229 e. The number of hydrogen-bond donors (Lipinski definition) is 2. The maximum atomic E-state index is 13.1. The fourth-order valence-electron chi connectivity index (χ4n) is 1.60. The molecule has 0 aliphatic rings. The molecule has 0 atom stereocenters. The highest BCUT2D eigenvalue weighted by Crippen LogP contribution is 2.18. The van der Waals surface area contributed by atoms with Gasteiger partial charge in [-0.2, -0.15) is 0 Å². The van der Waals surface area contributed by atoms with Crippen molar-refractivity contribution in [3.8, 4) is 0 Å². The number of carbonyl (C=O) groups excluding carboxylic acids is 1. The minimum absolute atomic E-state index is 0.0472. The third-order valence-corrected chi connectivity index (χ3v) is 3.53. The second-order valence-electron chi connectivity index (χ2n) is 3.86. The zero-order chi connectivity index (χ0) is 13.8. The van der Waals surface area contributed by atoms with Gasteiger partial charge in [0.2, 0.25) is 5.91 Å². The van der Waals surface area contributed by atoms with Crippen LogP contribution < -0.4 is 11.1 Å². The highest BCUT2D eigenvalue weighted by Gasteiger charge is 2.11. The van der Waals surface area contributed by atoms with E-state index in [9.17, 15) is 9.18 Å². The molecule has 0 saturated carbocycles. The van der Waals surface area contributed by atoms with Gasteiger partial charge in [0.1, 0.15) is 10.8 Å². The highest BCUT2D eigenvalue weighted by atomic mass is 32.1. The molecule has 6 heteroatoms. The lowest BCUT2D eigenvalue weighted by atomic mass is 10.1. The summed E-state index contributed by atoms with van der Waals surface area (Å²) >= 11 is 6.34. The average molecular weight is 294 g/mol. The Bertz CT molecular complexity index is 611. The van der Waals surface area contributed by atoms with E-state index in [4.69, 9.17) is 18.0 Å². The van der Waals surface area contributed by atoms with Gasteiger partial charge in [-0.15, -0.1) is 11.3 Å². The van der Waals surface area contributed by atoms with Crippen molar-refractivity contribution in [3.05, 3.63) is 52.0 Å². The van der Waals surface area contributed by atoms with Crippen LogP contribution in [0.4, 0.5) is 10.1 Å². The van der Waals surface area contributed by atoms with Crippen LogP contribution in [0.5, 0.6) is 0 Å². The molecular formula is C13H11FN2OS2. The Morgan fingerprint density at radius 2 is 2.21 bits per heavy atom. The summed E-state index contributed by atoms with van der Waals surface area (Å²) in [4.78, 5) is 12.9. The standard InChI is InChI=1S/C13H11FN2OS2/c14-8-3-4-11(10(6-8)13(15)18)16-12(17)7-9-2-1-5-19-9/h1-6H,7H2,(H2,15,18)(H,16,17). The van der Waals surface area contributed by atoms with Gasteiger partial charge in [0, 0.05) is 10.4 Å². The summed E-state index contributed by atoms with van der Waals surface area (Å²) in [7, 11) is 0. The second kappa shape index (κ2) is 5.90. The van der Waals surface area contributed by atoms with Gasteiger partial charge in [-0.1, -0.05) is 18.3 Å². The van der Waals surface area contributed by atoms with Crippen LogP contribution >= 0.6 is 23.6 Å².